The molecule has 0 radical (unpaired) electrons. The second kappa shape index (κ2) is 6.56. The number of benzene rings is 1. The maximum absolute atomic E-state index is 12.1. The zero-order valence-electron chi connectivity index (χ0n) is 10.8. The molecule has 0 spiro atoms. The predicted octanol–water partition coefficient (Wildman–Crippen LogP) is 3.23. The van der Waals surface area contributed by atoms with Crippen LogP contribution in [0.2, 0.25) is 0 Å². The molecule has 0 aliphatic heterocycles. The van der Waals surface area contributed by atoms with Crippen molar-refractivity contribution in [3.63, 3.8) is 0 Å². The van der Waals surface area contributed by atoms with E-state index in [-0.39, 0.29) is 5.56 Å². The number of carbonyl (C=O) groups excluding carboxylic acids is 1. The van der Waals surface area contributed by atoms with Crippen LogP contribution in [0.4, 0.5) is 13.2 Å². The third-order valence-electron chi connectivity index (χ3n) is 2.30. The zero-order chi connectivity index (χ0) is 16.2. The Morgan fingerprint density at radius 2 is 2.09 bits per heavy atom. The predicted molar refractivity (Wildman–Crippen MR) is 74.1 cm³/mol. The van der Waals surface area contributed by atoms with E-state index in [1.165, 1.54) is 18.3 Å². The molecule has 2 aromatic rings. The minimum Gasteiger partial charge on any atom is -0.449 e. The van der Waals surface area contributed by atoms with E-state index in [0.717, 1.165) is 12.1 Å². The number of halogens is 3. The molecule has 0 unspecified atom stereocenters. The van der Waals surface area contributed by atoms with Crippen LogP contribution in [0.15, 0.2) is 51.0 Å². The fraction of sp³-hybridized carbons (Fsp3) is 0.0769. The maximum Gasteiger partial charge on any atom is 0.573 e. The minimum absolute atomic E-state index is 0.0340. The number of hydrogen-bond acceptors (Lipinski definition) is 5. The number of amides is 1. The number of carbonyl (C=O) groups is 1. The summed E-state index contributed by atoms with van der Waals surface area (Å²) in [5.41, 5.74) is 2.12. The Morgan fingerprint density at radius 3 is 2.73 bits per heavy atom. The molecule has 1 aromatic carbocycles. The van der Waals surface area contributed by atoms with Gasteiger partial charge >= 0.3 is 6.36 Å². The lowest BCUT2D eigenvalue weighted by Crippen LogP contribution is -2.19. The maximum atomic E-state index is 12.1. The Bertz CT molecular complexity index is 698. The van der Waals surface area contributed by atoms with Crippen LogP contribution in [0.5, 0.6) is 5.75 Å². The number of ether oxygens (including phenoxy) is 1. The lowest BCUT2D eigenvalue weighted by molar-refractivity contribution is -0.274. The highest BCUT2D eigenvalue weighted by atomic mass is 32.1. The first kappa shape index (κ1) is 16.0. The standard InChI is InChI=1S/C13H9F3N2O3S/c14-13(15,16)21-9-3-1-2-8(6-9)12(19)18-17-7-10-4-5-11(22)20-10/h1-7,22H,(H,18,19)/b17-7+. The number of hydrazone groups is 1. The van der Waals surface area contributed by atoms with Crippen molar-refractivity contribution in [1.82, 2.24) is 5.43 Å². The number of furan rings is 1. The molecule has 0 saturated heterocycles. The van der Waals surface area contributed by atoms with Crippen molar-refractivity contribution < 1.29 is 27.1 Å². The lowest BCUT2D eigenvalue weighted by atomic mass is 10.2. The van der Waals surface area contributed by atoms with E-state index < -0.39 is 18.0 Å². The zero-order valence-corrected chi connectivity index (χ0v) is 11.7. The Hall–Kier alpha value is -2.42. The summed E-state index contributed by atoms with van der Waals surface area (Å²) in [7, 11) is 0. The number of rotatable bonds is 4. The minimum atomic E-state index is -4.82. The highest BCUT2D eigenvalue weighted by Gasteiger charge is 2.31. The summed E-state index contributed by atoms with van der Waals surface area (Å²) < 4.78 is 45.1. The average molecular weight is 330 g/mol. The molecule has 5 nitrogen and oxygen atoms in total. The second-order valence-electron chi connectivity index (χ2n) is 3.95. The van der Waals surface area contributed by atoms with Crippen molar-refractivity contribution in [3.05, 3.63) is 47.7 Å². The van der Waals surface area contributed by atoms with Crippen molar-refractivity contribution in [2.24, 2.45) is 5.10 Å². The molecule has 0 atom stereocenters. The number of hydrogen-bond donors (Lipinski definition) is 2. The largest absolute Gasteiger partial charge is 0.573 e. The summed E-state index contributed by atoms with van der Waals surface area (Å²) in [5, 5.41) is 4.00. The highest BCUT2D eigenvalue weighted by molar-refractivity contribution is 7.80. The van der Waals surface area contributed by atoms with E-state index >= 15 is 0 Å². The molecule has 2 rings (SSSR count). The molecule has 116 valence electrons. The number of thiol groups is 1. The van der Waals surface area contributed by atoms with E-state index in [1.807, 2.05) is 0 Å². The Labute approximate surface area is 128 Å². The second-order valence-corrected chi connectivity index (χ2v) is 4.39. The summed E-state index contributed by atoms with van der Waals surface area (Å²) in [4.78, 5) is 11.8. The van der Waals surface area contributed by atoms with Gasteiger partial charge in [-0.25, -0.2) is 5.43 Å². The fourth-order valence-electron chi connectivity index (χ4n) is 1.47. The van der Waals surface area contributed by atoms with Gasteiger partial charge in [-0.05, 0) is 30.3 Å². The molecule has 0 aliphatic carbocycles. The third kappa shape index (κ3) is 4.85. The number of alkyl halides is 3. The van der Waals surface area contributed by atoms with Crippen LogP contribution >= 0.6 is 12.6 Å². The first-order valence-corrected chi connectivity index (χ1v) is 6.26. The van der Waals surface area contributed by atoms with Crippen LogP contribution in [0, 0.1) is 0 Å². The average Bonchev–Trinajstić information content (AvgIpc) is 2.83. The van der Waals surface area contributed by atoms with Gasteiger partial charge in [0, 0.05) is 5.56 Å². The molecule has 22 heavy (non-hydrogen) atoms. The van der Waals surface area contributed by atoms with Crippen molar-refractivity contribution in [2.75, 3.05) is 0 Å². The van der Waals surface area contributed by atoms with E-state index in [0.29, 0.717) is 10.9 Å². The van der Waals surface area contributed by atoms with Gasteiger partial charge in [0.2, 0.25) is 0 Å². The molecule has 0 saturated carbocycles. The molecule has 1 aromatic heterocycles. The van der Waals surface area contributed by atoms with E-state index in [4.69, 9.17) is 4.42 Å². The molecule has 0 fully saturated rings. The van der Waals surface area contributed by atoms with Gasteiger partial charge < -0.3 is 9.15 Å². The molecule has 0 aliphatic rings. The lowest BCUT2D eigenvalue weighted by Gasteiger charge is -2.09. The molecule has 9 heteroatoms. The van der Waals surface area contributed by atoms with Crippen LogP contribution in [-0.4, -0.2) is 18.5 Å². The fourth-order valence-corrected chi connectivity index (χ4v) is 1.65. The van der Waals surface area contributed by atoms with Crippen molar-refractivity contribution in [3.8, 4) is 5.75 Å². The van der Waals surface area contributed by atoms with Crippen LogP contribution < -0.4 is 10.2 Å². The molecule has 1 heterocycles. The van der Waals surface area contributed by atoms with E-state index in [2.05, 4.69) is 27.9 Å². The van der Waals surface area contributed by atoms with Crippen LogP contribution in [0.25, 0.3) is 0 Å². The van der Waals surface area contributed by atoms with Gasteiger partial charge in [0.05, 0.1) is 6.21 Å². The molecular weight excluding hydrogens is 321 g/mol. The Balaban J connectivity index is 2.00. The van der Waals surface area contributed by atoms with Crippen LogP contribution in [-0.2, 0) is 0 Å². The van der Waals surface area contributed by atoms with E-state index in [1.54, 1.807) is 12.1 Å². The van der Waals surface area contributed by atoms with Gasteiger partial charge in [-0.15, -0.1) is 25.8 Å². The van der Waals surface area contributed by atoms with Gasteiger partial charge in [-0.1, -0.05) is 6.07 Å². The number of nitrogens with zero attached hydrogens (tertiary/aromatic N) is 1. The first-order chi connectivity index (χ1) is 10.3. The summed E-state index contributed by atoms with van der Waals surface area (Å²) in [6, 6.07) is 7.80. The Kier molecular flexibility index (Phi) is 4.76. The van der Waals surface area contributed by atoms with Crippen LogP contribution in [0.1, 0.15) is 16.1 Å². The third-order valence-corrected chi connectivity index (χ3v) is 2.54. The van der Waals surface area contributed by atoms with Crippen molar-refractivity contribution in [2.45, 2.75) is 11.5 Å². The summed E-state index contributed by atoms with van der Waals surface area (Å²) in [5.74, 6) is -0.823. The Morgan fingerprint density at radius 1 is 1.32 bits per heavy atom. The van der Waals surface area contributed by atoms with Crippen molar-refractivity contribution in [1.29, 1.82) is 0 Å². The SMILES string of the molecule is O=C(N/N=C/c1ccc(S)o1)c1cccc(OC(F)(F)F)c1. The van der Waals surface area contributed by atoms with Gasteiger partial charge in [-0.3, -0.25) is 4.79 Å². The molecule has 0 bridgehead atoms. The quantitative estimate of drug-likeness (QED) is 0.514. The topological polar surface area (TPSA) is 63.8 Å². The summed E-state index contributed by atoms with van der Waals surface area (Å²) in [6.45, 7) is 0. The van der Waals surface area contributed by atoms with Gasteiger partial charge in [0.1, 0.15) is 11.5 Å². The van der Waals surface area contributed by atoms with Gasteiger partial charge in [0.25, 0.3) is 5.91 Å². The van der Waals surface area contributed by atoms with Gasteiger partial charge in [-0.2, -0.15) is 5.10 Å². The van der Waals surface area contributed by atoms with E-state index in [9.17, 15) is 18.0 Å². The van der Waals surface area contributed by atoms with Crippen molar-refractivity contribution >= 4 is 24.8 Å². The molecule has 1 amide bonds. The normalized spacial score (nSPS) is 11.6. The number of nitrogens with one attached hydrogen (secondary N) is 1. The highest BCUT2D eigenvalue weighted by Crippen LogP contribution is 2.23. The monoisotopic (exact) mass is 330 g/mol. The van der Waals surface area contributed by atoms with Gasteiger partial charge in [0.15, 0.2) is 5.09 Å². The summed E-state index contributed by atoms with van der Waals surface area (Å²) >= 11 is 3.95. The summed E-state index contributed by atoms with van der Waals surface area (Å²) in [6.07, 6.45) is -3.59. The molecular formula is C13H9F3N2O3S. The van der Waals surface area contributed by atoms with Crippen LogP contribution in [0.3, 0.4) is 0 Å². The smallest absolute Gasteiger partial charge is 0.449 e. The molecule has 1 N–H and O–H groups in total. The first-order valence-electron chi connectivity index (χ1n) is 5.81.